The molecule has 3 nitrogen and oxygen atoms in total. The van der Waals surface area contributed by atoms with Gasteiger partial charge < -0.3 is 11.1 Å². The summed E-state index contributed by atoms with van der Waals surface area (Å²) < 4.78 is 13.5. The number of amides is 1. The van der Waals surface area contributed by atoms with Gasteiger partial charge in [0.15, 0.2) is 0 Å². The highest BCUT2D eigenvalue weighted by molar-refractivity contribution is 5.99. The summed E-state index contributed by atoms with van der Waals surface area (Å²) in [6, 6.07) is 4.46. The number of carbonyl (C=O) groups is 1. The lowest BCUT2D eigenvalue weighted by Crippen LogP contribution is -2.36. The summed E-state index contributed by atoms with van der Waals surface area (Å²) in [7, 11) is 0. The molecule has 0 atom stereocenters. The Morgan fingerprint density at radius 3 is 2.65 bits per heavy atom. The van der Waals surface area contributed by atoms with Crippen LogP contribution in [0.15, 0.2) is 18.2 Å². The Kier molecular flexibility index (Phi) is 3.61. The van der Waals surface area contributed by atoms with Crippen LogP contribution in [0.1, 0.15) is 42.5 Å². The largest absolute Gasteiger partial charge is 0.398 e. The molecular weight excluding hydrogens is 219 g/mol. The van der Waals surface area contributed by atoms with Crippen LogP contribution in [0.4, 0.5) is 10.1 Å². The summed E-state index contributed by atoms with van der Waals surface area (Å²) in [5.74, 6) is -0.953. The quantitative estimate of drug-likeness (QED) is 0.775. The zero-order valence-electron chi connectivity index (χ0n) is 9.71. The van der Waals surface area contributed by atoms with Crippen molar-refractivity contribution in [3.8, 4) is 0 Å². The Hall–Kier alpha value is -1.58. The lowest BCUT2D eigenvalue weighted by molar-refractivity contribution is 0.0924. The molecule has 1 aliphatic carbocycles. The molecule has 0 heterocycles. The summed E-state index contributed by atoms with van der Waals surface area (Å²) in [5, 5.41) is 2.86. The molecule has 0 saturated heterocycles. The van der Waals surface area contributed by atoms with Gasteiger partial charge in [-0.2, -0.15) is 0 Å². The minimum atomic E-state index is -0.557. The summed E-state index contributed by atoms with van der Waals surface area (Å²) in [5.41, 5.74) is 5.79. The molecule has 1 aliphatic rings. The van der Waals surface area contributed by atoms with Crippen LogP contribution >= 0.6 is 0 Å². The van der Waals surface area contributed by atoms with Crippen molar-refractivity contribution < 1.29 is 9.18 Å². The van der Waals surface area contributed by atoms with Crippen LogP contribution in [-0.2, 0) is 0 Å². The number of rotatable bonds is 2. The first-order valence-electron chi connectivity index (χ1n) is 6.03. The highest BCUT2D eigenvalue weighted by Gasteiger charge is 2.20. The van der Waals surface area contributed by atoms with Gasteiger partial charge in [-0.25, -0.2) is 4.39 Å². The highest BCUT2D eigenvalue weighted by Crippen LogP contribution is 2.20. The van der Waals surface area contributed by atoms with Crippen LogP contribution in [0.25, 0.3) is 0 Å². The van der Waals surface area contributed by atoms with E-state index in [1.165, 1.54) is 18.6 Å². The van der Waals surface area contributed by atoms with Gasteiger partial charge in [0.2, 0.25) is 0 Å². The predicted octanol–water partition coefficient (Wildman–Crippen LogP) is 2.47. The number of hydrogen-bond donors (Lipinski definition) is 2. The van der Waals surface area contributed by atoms with Gasteiger partial charge in [0.25, 0.3) is 5.91 Å². The van der Waals surface area contributed by atoms with Gasteiger partial charge in [-0.15, -0.1) is 0 Å². The second kappa shape index (κ2) is 5.17. The Bertz CT molecular complexity index is 394. The van der Waals surface area contributed by atoms with Crippen molar-refractivity contribution in [2.45, 2.75) is 38.1 Å². The molecule has 0 unspecified atom stereocenters. The van der Waals surface area contributed by atoms with Gasteiger partial charge in [-0.05, 0) is 25.0 Å². The topological polar surface area (TPSA) is 55.1 Å². The smallest absolute Gasteiger partial charge is 0.256 e. The average Bonchev–Trinajstić information content (AvgIpc) is 2.30. The van der Waals surface area contributed by atoms with Gasteiger partial charge in [0.1, 0.15) is 5.82 Å². The minimum Gasteiger partial charge on any atom is -0.398 e. The molecule has 4 heteroatoms. The number of halogens is 1. The summed E-state index contributed by atoms with van der Waals surface area (Å²) in [6.45, 7) is 0. The number of carbonyl (C=O) groups excluding carboxylic acids is 1. The van der Waals surface area contributed by atoms with E-state index in [4.69, 9.17) is 5.73 Å². The first kappa shape index (κ1) is 11.9. The maximum absolute atomic E-state index is 13.5. The summed E-state index contributed by atoms with van der Waals surface area (Å²) in [6.07, 6.45) is 5.41. The Morgan fingerprint density at radius 1 is 1.29 bits per heavy atom. The molecule has 1 fully saturated rings. The van der Waals surface area contributed by atoms with Crippen LogP contribution in [-0.4, -0.2) is 11.9 Å². The van der Waals surface area contributed by atoms with Crippen LogP contribution in [0.3, 0.4) is 0 Å². The molecule has 1 amide bonds. The number of nitrogens with one attached hydrogen (secondary N) is 1. The molecular formula is C13H17FN2O. The molecule has 17 heavy (non-hydrogen) atoms. The number of nitrogen functional groups attached to an aromatic ring is 1. The van der Waals surface area contributed by atoms with E-state index >= 15 is 0 Å². The molecule has 3 N–H and O–H groups in total. The molecule has 92 valence electrons. The molecule has 0 aromatic heterocycles. The molecule has 1 saturated carbocycles. The number of nitrogens with two attached hydrogens (primary N) is 1. The van der Waals surface area contributed by atoms with E-state index in [9.17, 15) is 9.18 Å². The van der Waals surface area contributed by atoms with E-state index in [-0.39, 0.29) is 17.3 Å². The third-order valence-electron chi connectivity index (χ3n) is 3.21. The lowest BCUT2D eigenvalue weighted by atomic mass is 9.95. The zero-order valence-corrected chi connectivity index (χ0v) is 9.71. The third-order valence-corrected chi connectivity index (χ3v) is 3.21. The number of anilines is 1. The van der Waals surface area contributed by atoms with Crippen molar-refractivity contribution in [2.75, 3.05) is 5.73 Å². The number of hydrogen-bond acceptors (Lipinski definition) is 2. The standard InChI is InChI=1S/C13H17FN2O/c14-10-7-4-8-11(15)12(10)13(17)16-9-5-2-1-3-6-9/h4,7-9H,1-3,5-6,15H2,(H,16,17). The molecule has 2 rings (SSSR count). The van der Waals surface area contributed by atoms with Crippen molar-refractivity contribution >= 4 is 11.6 Å². The minimum absolute atomic E-state index is 0.0296. The van der Waals surface area contributed by atoms with E-state index in [2.05, 4.69) is 5.32 Å². The highest BCUT2D eigenvalue weighted by atomic mass is 19.1. The fourth-order valence-electron chi connectivity index (χ4n) is 2.28. The number of benzene rings is 1. The average molecular weight is 236 g/mol. The lowest BCUT2D eigenvalue weighted by Gasteiger charge is -2.23. The van der Waals surface area contributed by atoms with Gasteiger partial charge in [-0.1, -0.05) is 25.3 Å². The van der Waals surface area contributed by atoms with E-state index < -0.39 is 11.7 Å². The van der Waals surface area contributed by atoms with Crippen LogP contribution in [0.2, 0.25) is 0 Å². The van der Waals surface area contributed by atoms with Gasteiger partial charge in [0.05, 0.1) is 5.56 Å². The first-order valence-corrected chi connectivity index (χ1v) is 6.03. The van der Waals surface area contributed by atoms with Crippen molar-refractivity contribution in [1.29, 1.82) is 0 Å². The zero-order chi connectivity index (χ0) is 12.3. The Balaban J connectivity index is 2.08. The van der Waals surface area contributed by atoms with Crippen LogP contribution in [0.5, 0.6) is 0 Å². The maximum atomic E-state index is 13.5. The van der Waals surface area contributed by atoms with Crippen molar-refractivity contribution in [2.24, 2.45) is 0 Å². The SMILES string of the molecule is Nc1cccc(F)c1C(=O)NC1CCCCC1. The molecule has 0 spiro atoms. The first-order chi connectivity index (χ1) is 8.18. The summed E-state index contributed by atoms with van der Waals surface area (Å²) >= 11 is 0. The van der Waals surface area contributed by atoms with Crippen molar-refractivity contribution in [3.63, 3.8) is 0 Å². The maximum Gasteiger partial charge on any atom is 0.256 e. The van der Waals surface area contributed by atoms with Crippen molar-refractivity contribution in [1.82, 2.24) is 5.32 Å². The fourth-order valence-corrected chi connectivity index (χ4v) is 2.28. The van der Waals surface area contributed by atoms with E-state index in [0.29, 0.717) is 0 Å². The normalized spacial score (nSPS) is 16.8. The van der Waals surface area contributed by atoms with Crippen molar-refractivity contribution in [3.05, 3.63) is 29.6 Å². The fraction of sp³-hybridized carbons (Fsp3) is 0.462. The predicted molar refractivity (Wildman–Crippen MR) is 65.2 cm³/mol. The molecule has 0 radical (unpaired) electrons. The molecule has 0 bridgehead atoms. The Labute approximate surface area is 100 Å². The van der Waals surface area contributed by atoms with Gasteiger partial charge in [-0.3, -0.25) is 4.79 Å². The van der Waals surface area contributed by atoms with Gasteiger partial charge in [0, 0.05) is 11.7 Å². The second-order valence-corrected chi connectivity index (χ2v) is 4.51. The van der Waals surface area contributed by atoms with E-state index in [1.807, 2.05) is 0 Å². The van der Waals surface area contributed by atoms with Gasteiger partial charge >= 0.3 is 0 Å². The molecule has 1 aromatic rings. The molecule has 1 aromatic carbocycles. The second-order valence-electron chi connectivity index (χ2n) is 4.51. The van der Waals surface area contributed by atoms with E-state index in [1.54, 1.807) is 6.07 Å². The summed E-state index contributed by atoms with van der Waals surface area (Å²) in [4.78, 5) is 11.9. The van der Waals surface area contributed by atoms with E-state index in [0.717, 1.165) is 25.7 Å². The van der Waals surface area contributed by atoms with Crippen LogP contribution in [0, 0.1) is 5.82 Å². The molecule has 0 aliphatic heterocycles. The third kappa shape index (κ3) is 2.75. The monoisotopic (exact) mass is 236 g/mol. The Morgan fingerprint density at radius 2 is 2.00 bits per heavy atom. The van der Waals surface area contributed by atoms with Crippen LogP contribution < -0.4 is 11.1 Å².